The number of benzene rings is 2. The summed E-state index contributed by atoms with van der Waals surface area (Å²) in [5.74, 6) is -0.131. The lowest BCUT2D eigenvalue weighted by Crippen LogP contribution is -2.26. The second-order valence-electron chi connectivity index (χ2n) is 5.20. The van der Waals surface area contributed by atoms with Crippen LogP contribution in [0.3, 0.4) is 0 Å². The van der Waals surface area contributed by atoms with Crippen molar-refractivity contribution >= 4 is 11.9 Å². The van der Waals surface area contributed by atoms with Crippen LogP contribution in [0.5, 0.6) is 11.5 Å². The summed E-state index contributed by atoms with van der Waals surface area (Å²) in [5, 5.41) is 8.89. The molecule has 2 aromatic rings. The van der Waals surface area contributed by atoms with E-state index in [-0.39, 0.29) is 18.3 Å². The first-order chi connectivity index (χ1) is 11.1. The van der Waals surface area contributed by atoms with E-state index < -0.39 is 5.97 Å². The molecule has 0 saturated carbocycles. The van der Waals surface area contributed by atoms with Gasteiger partial charge in [-0.1, -0.05) is 18.2 Å². The summed E-state index contributed by atoms with van der Waals surface area (Å²) < 4.78 is 10.6. The normalized spacial score (nSPS) is 12.0. The minimum absolute atomic E-state index is 0.111. The van der Waals surface area contributed by atoms with Gasteiger partial charge in [-0.15, -0.1) is 0 Å². The van der Waals surface area contributed by atoms with Gasteiger partial charge in [-0.25, -0.2) is 4.79 Å². The van der Waals surface area contributed by atoms with Crippen molar-refractivity contribution in [3.05, 3.63) is 59.2 Å². The lowest BCUT2D eigenvalue weighted by Gasteiger charge is -2.18. The summed E-state index contributed by atoms with van der Waals surface area (Å²) in [4.78, 5) is 25.0. The highest BCUT2D eigenvalue weighted by Gasteiger charge is 2.23. The van der Waals surface area contributed by atoms with Crippen LogP contribution in [0.2, 0.25) is 0 Å². The second kappa shape index (κ2) is 6.00. The molecular formula is C17H15NO5. The number of ether oxygens (including phenoxy) is 2. The van der Waals surface area contributed by atoms with Crippen molar-refractivity contribution < 1.29 is 24.2 Å². The van der Waals surface area contributed by atoms with E-state index in [9.17, 15) is 9.59 Å². The second-order valence-corrected chi connectivity index (χ2v) is 5.20. The monoisotopic (exact) mass is 313 g/mol. The van der Waals surface area contributed by atoms with Crippen molar-refractivity contribution in [3.63, 3.8) is 0 Å². The predicted octanol–water partition coefficient (Wildman–Crippen LogP) is 2.39. The summed E-state index contributed by atoms with van der Waals surface area (Å²) in [6.07, 6.45) is 0. The van der Waals surface area contributed by atoms with E-state index in [4.69, 9.17) is 14.6 Å². The maximum Gasteiger partial charge on any atom is 0.335 e. The molecule has 1 N–H and O–H groups in total. The number of carboxylic acid groups (broad SMARTS) is 1. The Labute approximate surface area is 132 Å². The van der Waals surface area contributed by atoms with Crippen molar-refractivity contribution in [1.29, 1.82) is 0 Å². The number of carbonyl (C=O) groups is 2. The van der Waals surface area contributed by atoms with Crippen molar-refractivity contribution in [2.75, 3.05) is 13.8 Å². The fraction of sp³-hybridized carbons (Fsp3) is 0.176. The number of carboxylic acids is 1. The van der Waals surface area contributed by atoms with E-state index in [1.54, 1.807) is 42.3 Å². The lowest BCUT2D eigenvalue weighted by molar-refractivity contribution is 0.0695. The van der Waals surface area contributed by atoms with Gasteiger partial charge in [0.25, 0.3) is 5.91 Å². The molecule has 0 fully saturated rings. The number of fused-ring (bicyclic) bond motifs is 1. The van der Waals surface area contributed by atoms with Crippen LogP contribution in [0.1, 0.15) is 26.3 Å². The molecule has 0 aliphatic carbocycles. The quantitative estimate of drug-likeness (QED) is 0.938. The highest BCUT2D eigenvalue weighted by Crippen LogP contribution is 2.35. The highest BCUT2D eigenvalue weighted by atomic mass is 16.7. The van der Waals surface area contributed by atoms with Gasteiger partial charge in [0.1, 0.15) is 0 Å². The van der Waals surface area contributed by atoms with Gasteiger partial charge in [-0.05, 0) is 29.8 Å². The summed E-state index contributed by atoms with van der Waals surface area (Å²) in [7, 11) is 1.68. The fourth-order valence-corrected chi connectivity index (χ4v) is 2.40. The molecule has 6 heteroatoms. The number of aromatic carboxylic acids is 1. The average molecular weight is 313 g/mol. The van der Waals surface area contributed by atoms with Crippen LogP contribution >= 0.6 is 0 Å². The molecule has 0 radical (unpaired) electrons. The molecule has 2 aromatic carbocycles. The maximum absolute atomic E-state index is 12.6. The van der Waals surface area contributed by atoms with Crippen molar-refractivity contribution in [2.24, 2.45) is 0 Å². The number of hydrogen-bond donors (Lipinski definition) is 1. The summed E-state index contributed by atoms with van der Waals surface area (Å²) >= 11 is 0. The molecule has 3 rings (SSSR count). The number of amides is 1. The summed E-state index contributed by atoms with van der Waals surface area (Å²) in [6, 6.07) is 11.6. The molecule has 0 atom stereocenters. The van der Waals surface area contributed by atoms with Gasteiger partial charge in [0.05, 0.1) is 11.1 Å². The van der Waals surface area contributed by atoms with Crippen LogP contribution in [-0.2, 0) is 6.54 Å². The standard InChI is InChI=1S/C17H15NO5/c1-18(9-11-5-7-12(8-6-11)17(20)21)16(19)13-3-2-4-14-15(13)23-10-22-14/h2-8H,9-10H2,1H3,(H,20,21). The molecule has 1 aliphatic rings. The van der Waals surface area contributed by atoms with E-state index >= 15 is 0 Å². The molecule has 0 spiro atoms. The molecule has 23 heavy (non-hydrogen) atoms. The smallest absolute Gasteiger partial charge is 0.335 e. The van der Waals surface area contributed by atoms with Crippen molar-refractivity contribution in [2.45, 2.75) is 6.54 Å². The van der Waals surface area contributed by atoms with E-state index in [0.717, 1.165) is 5.56 Å². The first kappa shape index (κ1) is 14.9. The SMILES string of the molecule is CN(Cc1ccc(C(=O)O)cc1)C(=O)c1cccc2c1OCO2. The van der Waals surface area contributed by atoms with Gasteiger partial charge in [-0.3, -0.25) is 4.79 Å². The Balaban J connectivity index is 1.75. The third-order valence-electron chi connectivity index (χ3n) is 3.59. The highest BCUT2D eigenvalue weighted by molar-refractivity contribution is 5.97. The van der Waals surface area contributed by atoms with E-state index in [0.29, 0.717) is 23.6 Å². The minimum atomic E-state index is -0.974. The molecule has 1 heterocycles. The van der Waals surface area contributed by atoms with Crippen LogP contribution in [0.25, 0.3) is 0 Å². The summed E-state index contributed by atoms with van der Waals surface area (Å²) in [6.45, 7) is 0.475. The van der Waals surface area contributed by atoms with Crippen LogP contribution in [-0.4, -0.2) is 35.7 Å². The Morgan fingerprint density at radius 2 is 1.87 bits per heavy atom. The third-order valence-corrected chi connectivity index (χ3v) is 3.59. The Hall–Kier alpha value is -3.02. The first-order valence-corrected chi connectivity index (χ1v) is 7.02. The van der Waals surface area contributed by atoms with Crippen LogP contribution < -0.4 is 9.47 Å². The zero-order chi connectivity index (χ0) is 16.4. The first-order valence-electron chi connectivity index (χ1n) is 7.02. The van der Waals surface area contributed by atoms with E-state index in [1.165, 1.54) is 12.1 Å². The van der Waals surface area contributed by atoms with Gasteiger partial charge in [0.15, 0.2) is 11.5 Å². The van der Waals surface area contributed by atoms with E-state index in [1.807, 2.05) is 0 Å². The maximum atomic E-state index is 12.6. The zero-order valence-corrected chi connectivity index (χ0v) is 12.5. The Morgan fingerprint density at radius 3 is 2.57 bits per heavy atom. The lowest BCUT2D eigenvalue weighted by atomic mass is 10.1. The Kier molecular flexibility index (Phi) is 3.89. The molecule has 0 saturated heterocycles. The van der Waals surface area contributed by atoms with Crippen molar-refractivity contribution in [3.8, 4) is 11.5 Å². The molecule has 0 bridgehead atoms. The number of nitrogens with zero attached hydrogens (tertiary/aromatic N) is 1. The fourth-order valence-electron chi connectivity index (χ4n) is 2.40. The molecule has 6 nitrogen and oxygen atoms in total. The molecular weight excluding hydrogens is 298 g/mol. The van der Waals surface area contributed by atoms with Gasteiger partial charge < -0.3 is 19.5 Å². The third kappa shape index (κ3) is 2.96. The van der Waals surface area contributed by atoms with Gasteiger partial charge >= 0.3 is 5.97 Å². The molecule has 0 aromatic heterocycles. The van der Waals surface area contributed by atoms with Gasteiger partial charge in [0, 0.05) is 13.6 Å². The topological polar surface area (TPSA) is 76.1 Å². The van der Waals surface area contributed by atoms with Gasteiger partial charge in [-0.2, -0.15) is 0 Å². The van der Waals surface area contributed by atoms with Crippen molar-refractivity contribution in [1.82, 2.24) is 4.90 Å². The van der Waals surface area contributed by atoms with E-state index in [2.05, 4.69) is 0 Å². The van der Waals surface area contributed by atoms with Crippen LogP contribution in [0.15, 0.2) is 42.5 Å². The number of carbonyl (C=O) groups excluding carboxylic acids is 1. The van der Waals surface area contributed by atoms with Crippen LogP contribution in [0, 0.1) is 0 Å². The molecule has 1 amide bonds. The Bertz CT molecular complexity index is 754. The number of rotatable bonds is 4. The Morgan fingerprint density at radius 1 is 1.13 bits per heavy atom. The van der Waals surface area contributed by atoms with Gasteiger partial charge in [0.2, 0.25) is 6.79 Å². The molecule has 0 unspecified atom stereocenters. The minimum Gasteiger partial charge on any atom is -0.478 e. The largest absolute Gasteiger partial charge is 0.478 e. The number of para-hydroxylation sites is 1. The number of hydrogen-bond acceptors (Lipinski definition) is 4. The van der Waals surface area contributed by atoms with Crippen LogP contribution in [0.4, 0.5) is 0 Å². The zero-order valence-electron chi connectivity index (χ0n) is 12.5. The molecule has 1 aliphatic heterocycles. The summed E-state index contributed by atoms with van der Waals surface area (Å²) in [5.41, 5.74) is 1.51. The average Bonchev–Trinajstić information content (AvgIpc) is 3.03. The molecule has 118 valence electrons. The predicted molar refractivity (Wildman–Crippen MR) is 81.8 cm³/mol.